The highest BCUT2D eigenvalue weighted by molar-refractivity contribution is 5.05. The Morgan fingerprint density at radius 3 is 2.38 bits per heavy atom. The smallest absolute Gasteiger partial charge is 0.0155 e. The van der Waals surface area contributed by atoms with Crippen LogP contribution in [0, 0.1) is 17.8 Å². The van der Waals surface area contributed by atoms with E-state index in [2.05, 4.69) is 40.1 Å². The maximum absolute atomic E-state index is 3.44. The normalized spacial score (nSPS) is 33.5. The lowest BCUT2D eigenvalue weighted by atomic mass is 9.95. The molecule has 1 saturated carbocycles. The lowest BCUT2D eigenvalue weighted by Gasteiger charge is -2.24. The Labute approximate surface area is 83.3 Å². The van der Waals surface area contributed by atoms with E-state index in [1.165, 1.54) is 19.3 Å². The van der Waals surface area contributed by atoms with Crippen molar-refractivity contribution in [3.63, 3.8) is 0 Å². The van der Waals surface area contributed by atoms with E-state index in [9.17, 15) is 0 Å². The predicted octanol–water partition coefficient (Wildman–Crippen LogP) is 3.06. The standard InChI is InChI=1S/C12H25N/c1-6-7-8-10-9(2)11(10)12(3,4)13-5/h9-11,13H,6-8H2,1-5H3. The zero-order chi connectivity index (χ0) is 10.1. The summed E-state index contributed by atoms with van der Waals surface area (Å²) in [6, 6.07) is 0. The molecule has 13 heavy (non-hydrogen) atoms. The molecule has 3 unspecified atom stereocenters. The van der Waals surface area contributed by atoms with Gasteiger partial charge in [0.25, 0.3) is 0 Å². The molecule has 0 aromatic carbocycles. The number of hydrogen-bond donors (Lipinski definition) is 1. The average Bonchev–Trinajstić information content (AvgIpc) is 2.74. The molecular formula is C12H25N. The van der Waals surface area contributed by atoms with Crippen molar-refractivity contribution in [2.24, 2.45) is 17.8 Å². The Kier molecular flexibility index (Phi) is 3.39. The zero-order valence-corrected chi connectivity index (χ0v) is 9.85. The molecule has 0 aromatic heterocycles. The summed E-state index contributed by atoms with van der Waals surface area (Å²) in [5.74, 6) is 2.83. The second-order valence-corrected chi connectivity index (χ2v) is 5.16. The second kappa shape index (κ2) is 4.00. The van der Waals surface area contributed by atoms with Gasteiger partial charge in [0.2, 0.25) is 0 Å². The Morgan fingerprint density at radius 2 is 1.92 bits per heavy atom. The van der Waals surface area contributed by atoms with Gasteiger partial charge in [-0.25, -0.2) is 0 Å². The monoisotopic (exact) mass is 183 g/mol. The summed E-state index contributed by atoms with van der Waals surface area (Å²) in [6.07, 6.45) is 4.19. The second-order valence-electron chi connectivity index (χ2n) is 5.16. The molecule has 1 aliphatic rings. The topological polar surface area (TPSA) is 12.0 Å². The number of hydrogen-bond acceptors (Lipinski definition) is 1. The van der Waals surface area contributed by atoms with Gasteiger partial charge in [-0.05, 0) is 45.1 Å². The van der Waals surface area contributed by atoms with E-state index in [0.29, 0.717) is 5.54 Å². The molecule has 0 heterocycles. The average molecular weight is 183 g/mol. The van der Waals surface area contributed by atoms with E-state index in [0.717, 1.165) is 17.8 Å². The van der Waals surface area contributed by atoms with E-state index in [4.69, 9.17) is 0 Å². The SMILES string of the molecule is CCCCC1C(C)C1C(C)(C)NC. The van der Waals surface area contributed by atoms with Crippen LogP contribution in [0.1, 0.15) is 47.0 Å². The molecule has 1 nitrogen and oxygen atoms in total. The van der Waals surface area contributed by atoms with Gasteiger partial charge in [0, 0.05) is 5.54 Å². The third-order valence-electron chi connectivity index (χ3n) is 3.93. The number of rotatable bonds is 5. The van der Waals surface area contributed by atoms with Crippen LogP contribution >= 0.6 is 0 Å². The van der Waals surface area contributed by atoms with Gasteiger partial charge >= 0.3 is 0 Å². The summed E-state index contributed by atoms with van der Waals surface area (Å²) in [5.41, 5.74) is 0.345. The minimum atomic E-state index is 0.345. The highest BCUT2D eigenvalue weighted by Crippen LogP contribution is 2.54. The summed E-state index contributed by atoms with van der Waals surface area (Å²) in [4.78, 5) is 0. The molecule has 0 spiro atoms. The van der Waals surface area contributed by atoms with E-state index in [1.54, 1.807) is 0 Å². The van der Waals surface area contributed by atoms with Gasteiger partial charge in [-0.2, -0.15) is 0 Å². The molecule has 1 rings (SSSR count). The highest BCUT2D eigenvalue weighted by atomic mass is 15.0. The van der Waals surface area contributed by atoms with Crippen molar-refractivity contribution in [1.82, 2.24) is 5.32 Å². The van der Waals surface area contributed by atoms with Crippen molar-refractivity contribution in [2.75, 3.05) is 7.05 Å². The van der Waals surface area contributed by atoms with Crippen LogP contribution in [0.4, 0.5) is 0 Å². The van der Waals surface area contributed by atoms with Crippen LogP contribution in [0.25, 0.3) is 0 Å². The van der Waals surface area contributed by atoms with Gasteiger partial charge in [-0.3, -0.25) is 0 Å². The third kappa shape index (κ3) is 2.25. The molecule has 78 valence electrons. The first-order chi connectivity index (χ1) is 6.04. The molecule has 1 heteroatoms. The fourth-order valence-corrected chi connectivity index (χ4v) is 2.79. The van der Waals surface area contributed by atoms with Crippen molar-refractivity contribution in [2.45, 2.75) is 52.5 Å². The summed E-state index contributed by atoms with van der Waals surface area (Å²) in [6.45, 7) is 9.36. The fraction of sp³-hybridized carbons (Fsp3) is 1.00. The molecule has 0 radical (unpaired) electrons. The van der Waals surface area contributed by atoms with E-state index >= 15 is 0 Å². The Balaban J connectivity index is 2.39. The van der Waals surface area contributed by atoms with Crippen molar-refractivity contribution < 1.29 is 0 Å². The lowest BCUT2D eigenvalue weighted by molar-refractivity contribution is 0.338. The molecule has 0 bridgehead atoms. The molecule has 1 N–H and O–H groups in total. The molecule has 0 aromatic rings. The summed E-state index contributed by atoms with van der Waals surface area (Å²) in [5, 5.41) is 3.44. The molecular weight excluding hydrogens is 158 g/mol. The molecule has 1 fully saturated rings. The molecule has 0 amide bonds. The number of unbranched alkanes of at least 4 members (excludes halogenated alkanes) is 1. The molecule has 0 saturated heterocycles. The van der Waals surface area contributed by atoms with Gasteiger partial charge in [0.1, 0.15) is 0 Å². The van der Waals surface area contributed by atoms with Crippen molar-refractivity contribution in [3.8, 4) is 0 Å². The zero-order valence-electron chi connectivity index (χ0n) is 9.85. The molecule has 3 atom stereocenters. The van der Waals surface area contributed by atoms with Crippen molar-refractivity contribution in [3.05, 3.63) is 0 Å². The van der Waals surface area contributed by atoms with Crippen LogP contribution in [0.15, 0.2) is 0 Å². The maximum Gasteiger partial charge on any atom is 0.0155 e. The van der Waals surface area contributed by atoms with Gasteiger partial charge < -0.3 is 5.32 Å². The first kappa shape index (κ1) is 11.0. The van der Waals surface area contributed by atoms with Crippen LogP contribution in [-0.4, -0.2) is 12.6 Å². The lowest BCUT2D eigenvalue weighted by Crippen LogP contribution is -2.39. The van der Waals surface area contributed by atoms with E-state index in [1.807, 2.05) is 0 Å². The van der Waals surface area contributed by atoms with Crippen LogP contribution < -0.4 is 5.32 Å². The van der Waals surface area contributed by atoms with Gasteiger partial charge in [-0.15, -0.1) is 0 Å². The Bertz CT molecular complexity index is 163. The van der Waals surface area contributed by atoms with Crippen LogP contribution in [0.5, 0.6) is 0 Å². The van der Waals surface area contributed by atoms with Crippen LogP contribution in [-0.2, 0) is 0 Å². The third-order valence-corrected chi connectivity index (χ3v) is 3.93. The minimum Gasteiger partial charge on any atom is -0.315 e. The minimum absolute atomic E-state index is 0.345. The largest absolute Gasteiger partial charge is 0.315 e. The summed E-state index contributed by atoms with van der Waals surface area (Å²) in [7, 11) is 2.09. The number of nitrogens with one attached hydrogen (secondary N) is 1. The van der Waals surface area contributed by atoms with Crippen molar-refractivity contribution in [1.29, 1.82) is 0 Å². The first-order valence-electron chi connectivity index (χ1n) is 5.73. The van der Waals surface area contributed by atoms with Gasteiger partial charge in [0.15, 0.2) is 0 Å². The van der Waals surface area contributed by atoms with Gasteiger partial charge in [-0.1, -0.05) is 26.7 Å². The quantitative estimate of drug-likeness (QED) is 0.691. The Morgan fingerprint density at radius 1 is 1.31 bits per heavy atom. The maximum atomic E-state index is 3.44. The van der Waals surface area contributed by atoms with E-state index < -0.39 is 0 Å². The summed E-state index contributed by atoms with van der Waals surface area (Å²) >= 11 is 0. The van der Waals surface area contributed by atoms with Crippen molar-refractivity contribution >= 4 is 0 Å². The molecule has 0 aliphatic heterocycles. The first-order valence-corrected chi connectivity index (χ1v) is 5.73. The van der Waals surface area contributed by atoms with Gasteiger partial charge in [0.05, 0.1) is 0 Å². The molecule has 1 aliphatic carbocycles. The highest BCUT2D eigenvalue weighted by Gasteiger charge is 2.53. The van der Waals surface area contributed by atoms with Crippen LogP contribution in [0.3, 0.4) is 0 Å². The summed E-state index contributed by atoms with van der Waals surface area (Å²) < 4.78 is 0. The van der Waals surface area contributed by atoms with E-state index in [-0.39, 0.29) is 0 Å². The predicted molar refractivity (Wildman–Crippen MR) is 58.8 cm³/mol. The van der Waals surface area contributed by atoms with Crippen LogP contribution in [0.2, 0.25) is 0 Å². The fourth-order valence-electron chi connectivity index (χ4n) is 2.79. The Hall–Kier alpha value is -0.0400.